The standard InChI is InChI=1S/C20H28N8O4S/c1-33(31,32)27(12-17(30)13-29)19-22-10-16(11-23-19)28(15-6-4-2-3-5-7-15)20-21-8-14-9-24-26-18(14)25-20/h8-11,15,17,29-30H,2-7,12-13H2,1H3,(H,21,24,25,26). The van der Waals surface area contributed by atoms with E-state index < -0.39 is 22.7 Å². The van der Waals surface area contributed by atoms with Crippen LogP contribution in [0.2, 0.25) is 0 Å². The average molecular weight is 477 g/mol. The predicted octanol–water partition coefficient (Wildman–Crippen LogP) is 1.12. The highest BCUT2D eigenvalue weighted by Crippen LogP contribution is 2.32. The molecule has 1 aliphatic rings. The van der Waals surface area contributed by atoms with Crippen molar-refractivity contribution in [3.8, 4) is 0 Å². The molecule has 1 aliphatic carbocycles. The van der Waals surface area contributed by atoms with Crippen molar-refractivity contribution in [2.75, 3.05) is 28.6 Å². The van der Waals surface area contributed by atoms with E-state index in [-0.39, 0.29) is 18.5 Å². The van der Waals surface area contributed by atoms with Crippen LogP contribution < -0.4 is 9.21 Å². The zero-order valence-electron chi connectivity index (χ0n) is 18.4. The summed E-state index contributed by atoms with van der Waals surface area (Å²) in [4.78, 5) is 19.7. The number of sulfonamides is 1. The van der Waals surface area contributed by atoms with Gasteiger partial charge in [0, 0.05) is 12.2 Å². The lowest BCUT2D eigenvalue weighted by Gasteiger charge is -2.31. The van der Waals surface area contributed by atoms with Crippen LogP contribution >= 0.6 is 0 Å². The number of H-pyrrole nitrogens is 1. The molecule has 0 bridgehead atoms. The molecule has 0 saturated heterocycles. The van der Waals surface area contributed by atoms with Gasteiger partial charge in [-0.25, -0.2) is 27.7 Å². The Hall–Kier alpha value is -2.90. The van der Waals surface area contributed by atoms with Gasteiger partial charge < -0.3 is 15.1 Å². The average Bonchev–Trinajstić information content (AvgIpc) is 3.11. The van der Waals surface area contributed by atoms with Crippen LogP contribution in [0.1, 0.15) is 38.5 Å². The maximum absolute atomic E-state index is 12.2. The molecule has 1 saturated carbocycles. The van der Waals surface area contributed by atoms with Crippen LogP contribution in [-0.2, 0) is 10.0 Å². The summed E-state index contributed by atoms with van der Waals surface area (Å²) in [5.74, 6) is 0.408. The Kier molecular flexibility index (Phi) is 7.00. The van der Waals surface area contributed by atoms with Crippen LogP contribution in [0.3, 0.4) is 0 Å². The van der Waals surface area contributed by atoms with Gasteiger partial charge in [-0.2, -0.15) is 10.1 Å². The maximum Gasteiger partial charge on any atom is 0.239 e. The molecule has 1 fully saturated rings. The first kappa shape index (κ1) is 23.3. The van der Waals surface area contributed by atoms with Gasteiger partial charge >= 0.3 is 0 Å². The molecule has 178 valence electrons. The number of aliphatic hydroxyl groups excluding tert-OH is 2. The van der Waals surface area contributed by atoms with Crippen molar-refractivity contribution in [3.63, 3.8) is 0 Å². The summed E-state index contributed by atoms with van der Waals surface area (Å²) in [6.07, 6.45) is 12.7. The van der Waals surface area contributed by atoms with E-state index in [1.54, 1.807) is 12.4 Å². The van der Waals surface area contributed by atoms with Crippen LogP contribution in [0.4, 0.5) is 17.6 Å². The van der Waals surface area contributed by atoms with E-state index in [1.807, 2.05) is 4.90 Å². The lowest BCUT2D eigenvalue weighted by molar-refractivity contribution is 0.102. The van der Waals surface area contributed by atoms with E-state index in [4.69, 9.17) is 5.11 Å². The van der Waals surface area contributed by atoms with Gasteiger partial charge in [0.25, 0.3) is 0 Å². The highest BCUT2D eigenvalue weighted by molar-refractivity contribution is 7.92. The smallest absolute Gasteiger partial charge is 0.239 e. The van der Waals surface area contributed by atoms with Crippen molar-refractivity contribution < 1.29 is 18.6 Å². The molecule has 12 nitrogen and oxygen atoms in total. The summed E-state index contributed by atoms with van der Waals surface area (Å²) in [7, 11) is -3.76. The molecular formula is C20H28N8O4S. The molecule has 0 amide bonds. The van der Waals surface area contributed by atoms with Crippen molar-refractivity contribution in [1.29, 1.82) is 0 Å². The number of aromatic nitrogens is 6. The van der Waals surface area contributed by atoms with Crippen LogP contribution in [0, 0.1) is 0 Å². The molecule has 0 spiro atoms. The minimum absolute atomic E-state index is 0.0838. The molecular weight excluding hydrogens is 448 g/mol. The van der Waals surface area contributed by atoms with E-state index in [1.165, 1.54) is 25.2 Å². The van der Waals surface area contributed by atoms with Crippen molar-refractivity contribution in [2.45, 2.75) is 50.7 Å². The van der Waals surface area contributed by atoms with Crippen LogP contribution in [0.15, 0.2) is 24.8 Å². The van der Waals surface area contributed by atoms with Gasteiger partial charge in [-0.1, -0.05) is 25.7 Å². The molecule has 3 N–H and O–H groups in total. The molecule has 0 radical (unpaired) electrons. The third kappa shape index (κ3) is 5.37. The van der Waals surface area contributed by atoms with Gasteiger partial charge in [0.15, 0.2) is 5.65 Å². The molecule has 0 aromatic carbocycles. The van der Waals surface area contributed by atoms with Crippen molar-refractivity contribution in [2.24, 2.45) is 0 Å². The topological polar surface area (TPSA) is 161 Å². The molecule has 1 atom stereocenters. The maximum atomic E-state index is 12.2. The van der Waals surface area contributed by atoms with E-state index in [0.717, 1.165) is 41.6 Å². The Morgan fingerprint density at radius 3 is 2.36 bits per heavy atom. The van der Waals surface area contributed by atoms with E-state index in [9.17, 15) is 13.5 Å². The number of nitrogens with one attached hydrogen (secondary N) is 1. The number of rotatable bonds is 8. The summed E-state index contributed by atoms with van der Waals surface area (Å²) in [6.45, 7) is -0.923. The van der Waals surface area contributed by atoms with Gasteiger partial charge in [0.2, 0.25) is 21.9 Å². The number of aliphatic hydroxyl groups is 2. The zero-order chi connectivity index (χ0) is 23.4. The summed E-state index contributed by atoms with van der Waals surface area (Å²) >= 11 is 0. The number of hydrogen-bond acceptors (Lipinski definition) is 10. The predicted molar refractivity (Wildman–Crippen MR) is 123 cm³/mol. The summed E-state index contributed by atoms with van der Waals surface area (Å²) in [6, 6.07) is 0.143. The Balaban J connectivity index is 1.70. The van der Waals surface area contributed by atoms with Gasteiger partial charge in [-0.3, -0.25) is 5.10 Å². The highest BCUT2D eigenvalue weighted by Gasteiger charge is 2.27. The van der Waals surface area contributed by atoms with E-state index in [2.05, 4.69) is 30.1 Å². The minimum atomic E-state index is -3.76. The molecule has 3 aromatic heterocycles. The summed E-state index contributed by atoms with van der Waals surface area (Å²) < 4.78 is 25.3. The second-order valence-electron chi connectivity index (χ2n) is 8.23. The molecule has 33 heavy (non-hydrogen) atoms. The first-order chi connectivity index (χ1) is 15.9. The van der Waals surface area contributed by atoms with Gasteiger partial charge in [0.05, 0.1) is 55.2 Å². The quantitative estimate of drug-likeness (QED) is 0.402. The first-order valence-electron chi connectivity index (χ1n) is 10.9. The molecule has 1 unspecified atom stereocenters. The number of fused-ring (bicyclic) bond motifs is 1. The zero-order valence-corrected chi connectivity index (χ0v) is 19.2. The minimum Gasteiger partial charge on any atom is -0.394 e. The molecule has 4 rings (SSSR count). The second-order valence-corrected chi connectivity index (χ2v) is 10.1. The highest BCUT2D eigenvalue weighted by atomic mass is 32.2. The van der Waals surface area contributed by atoms with Crippen LogP contribution in [0.25, 0.3) is 11.0 Å². The Labute approximate surface area is 191 Å². The van der Waals surface area contributed by atoms with E-state index >= 15 is 0 Å². The van der Waals surface area contributed by atoms with Crippen molar-refractivity contribution in [3.05, 3.63) is 24.8 Å². The van der Waals surface area contributed by atoms with Crippen molar-refractivity contribution in [1.82, 2.24) is 30.1 Å². The third-order valence-electron chi connectivity index (χ3n) is 5.70. The van der Waals surface area contributed by atoms with Crippen molar-refractivity contribution >= 4 is 38.6 Å². The summed E-state index contributed by atoms with van der Waals surface area (Å²) in [5, 5.41) is 26.6. The number of hydrogen-bond donors (Lipinski definition) is 3. The van der Waals surface area contributed by atoms with Gasteiger partial charge in [-0.15, -0.1) is 0 Å². The van der Waals surface area contributed by atoms with E-state index in [0.29, 0.717) is 17.3 Å². The largest absolute Gasteiger partial charge is 0.394 e. The van der Waals surface area contributed by atoms with Crippen LogP contribution in [-0.4, -0.2) is 80.3 Å². The molecule has 13 heteroatoms. The number of aromatic amines is 1. The monoisotopic (exact) mass is 476 g/mol. The molecule has 3 heterocycles. The second kappa shape index (κ2) is 9.93. The van der Waals surface area contributed by atoms with Gasteiger partial charge in [-0.05, 0) is 12.8 Å². The Morgan fingerprint density at radius 2 is 1.73 bits per heavy atom. The Morgan fingerprint density at radius 1 is 1.06 bits per heavy atom. The molecule has 3 aromatic rings. The normalized spacial score (nSPS) is 16.5. The Bertz CT molecular complexity index is 1160. The fourth-order valence-corrected chi connectivity index (χ4v) is 4.87. The fourth-order valence-electron chi connectivity index (χ4n) is 4.03. The number of nitrogens with zero attached hydrogens (tertiary/aromatic N) is 7. The first-order valence-corrected chi connectivity index (χ1v) is 12.8. The SMILES string of the molecule is CS(=O)(=O)N(CC(O)CO)c1ncc(N(c2ncc3cn[nH]c3n2)C2CCCCCC2)cn1. The van der Waals surface area contributed by atoms with Crippen LogP contribution in [0.5, 0.6) is 0 Å². The third-order valence-corrected chi connectivity index (χ3v) is 6.81. The summed E-state index contributed by atoms with van der Waals surface area (Å²) in [5.41, 5.74) is 1.26. The van der Waals surface area contributed by atoms with Gasteiger partial charge in [0.1, 0.15) is 0 Å². The molecule has 0 aliphatic heterocycles. The lowest BCUT2D eigenvalue weighted by atomic mass is 10.1. The fraction of sp³-hybridized carbons (Fsp3) is 0.550. The lowest BCUT2D eigenvalue weighted by Crippen LogP contribution is -2.39. The number of anilines is 3.